The van der Waals surface area contributed by atoms with Crippen molar-refractivity contribution < 1.29 is 0 Å². The van der Waals surface area contributed by atoms with Crippen molar-refractivity contribution in [2.75, 3.05) is 11.9 Å². The van der Waals surface area contributed by atoms with E-state index in [2.05, 4.69) is 35.4 Å². The number of hydrogen-bond acceptors (Lipinski definition) is 2. The molecule has 1 heterocycles. The summed E-state index contributed by atoms with van der Waals surface area (Å²) in [5, 5.41) is 11.7. The highest BCUT2D eigenvalue weighted by molar-refractivity contribution is 5.90. The molecule has 1 aromatic carbocycles. The molecule has 16 heavy (non-hydrogen) atoms. The first-order valence-electron chi connectivity index (χ1n) is 5.97. The van der Waals surface area contributed by atoms with Crippen molar-refractivity contribution in [1.29, 1.82) is 0 Å². The lowest BCUT2D eigenvalue weighted by Crippen LogP contribution is -2.10. The van der Waals surface area contributed by atoms with E-state index >= 15 is 0 Å². The monoisotopic (exact) mass is 217 g/mol. The van der Waals surface area contributed by atoms with E-state index in [1.807, 2.05) is 18.3 Å². The van der Waals surface area contributed by atoms with Gasteiger partial charge in [0, 0.05) is 17.6 Å². The van der Waals surface area contributed by atoms with E-state index in [-0.39, 0.29) is 0 Å². The molecule has 0 aliphatic heterocycles. The minimum atomic E-state index is 0.715. The molecular formula is C13H19N3. The third-order valence-electron chi connectivity index (χ3n) is 2.91. The van der Waals surface area contributed by atoms with Gasteiger partial charge in [-0.05, 0) is 24.5 Å². The Bertz CT molecular complexity index is 447. The van der Waals surface area contributed by atoms with Gasteiger partial charge in [0.05, 0.1) is 11.7 Å². The maximum atomic E-state index is 4.06. The summed E-state index contributed by atoms with van der Waals surface area (Å²) >= 11 is 0. The van der Waals surface area contributed by atoms with Gasteiger partial charge < -0.3 is 5.32 Å². The molecule has 2 rings (SSSR count). The largest absolute Gasteiger partial charge is 0.384 e. The minimum absolute atomic E-state index is 0.715. The van der Waals surface area contributed by atoms with Crippen molar-refractivity contribution in [1.82, 2.24) is 10.2 Å². The lowest BCUT2D eigenvalue weighted by Gasteiger charge is -2.12. The summed E-state index contributed by atoms with van der Waals surface area (Å²) in [5.74, 6) is 0.715. The molecule has 0 aliphatic carbocycles. The molecule has 1 unspecified atom stereocenters. The first kappa shape index (κ1) is 11.0. The molecule has 0 amide bonds. The number of rotatable bonds is 5. The number of aromatic amines is 1. The SMILES string of the molecule is CCCC(C)CNc1cccc2[nH]ncc12. The van der Waals surface area contributed by atoms with Gasteiger partial charge in [-0.3, -0.25) is 5.10 Å². The van der Waals surface area contributed by atoms with Crippen LogP contribution in [0.15, 0.2) is 24.4 Å². The fourth-order valence-electron chi connectivity index (χ4n) is 2.00. The van der Waals surface area contributed by atoms with Crippen molar-refractivity contribution in [2.24, 2.45) is 5.92 Å². The van der Waals surface area contributed by atoms with E-state index in [4.69, 9.17) is 0 Å². The smallest absolute Gasteiger partial charge is 0.0671 e. The Morgan fingerprint density at radius 2 is 2.31 bits per heavy atom. The molecule has 0 spiro atoms. The minimum Gasteiger partial charge on any atom is -0.384 e. The van der Waals surface area contributed by atoms with Gasteiger partial charge in [0.2, 0.25) is 0 Å². The molecule has 0 bridgehead atoms. The zero-order chi connectivity index (χ0) is 11.4. The van der Waals surface area contributed by atoms with Crippen LogP contribution in [0, 0.1) is 5.92 Å². The molecule has 2 N–H and O–H groups in total. The van der Waals surface area contributed by atoms with Crippen molar-refractivity contribution in [3.05, 3.63) is 24.4 Å². The average molecular weight is 217 g/mol. The molecular weight excluding hydrogens is 198 g/mol. The molecule has 1 atom stereocenters. The summed E-state index contributed by atoms with van der Waals surface area (Å²) < 4.78 is 0. The van der Waals surface area contributed by atoms with Gasteiger partial charge >= 0.3 is 0 Å². The normalized spacial score (nSPS) is 12.9. The molecule has 3 nitrogen and oxygen atoms in total. The van der Waals surface area contributed by atoms with Crippen LogP contribution >= 0.6 is 0 Å². The molecule has 2 aromatic rings. The third kappa shape index (κ3) is 2.35. The predicted octanol–water partition coefficient (Wildman–Crippen LogP) is 3.41. The number of aromatic nitrogens is 2. The Balaban J connectivity index is 2.06. The molecule has 86 valence electrons. The van der Waals surface area contributed by atoms with Crippen LogP contribution in [0.2, 0.25) is 0 Å². The van der Waals surface area contributed by atoms with Crippen molar-refractivity contribution in [2.45, 2.75) is 26.7 Å². The van der Waals surface area contributed by atoms with Crippen LogP contribution in [0.25, 0.3) is 10.9 Å². The standard InChI is InChI=1S/C13H19N3/c1-3-5-10(2)8-14-12-6-4-7-13-11(12)9-15-16-13/h4,6-7,9-10,14H,3,5,8H2,1-2H3,(H,15,16). The molecule has 0 saturated carbocycles. The van der Waals surface area contributed by atoms with Gasteiger partial charge in [-0.1, -0.05) is 26.3 Å². The van der Waals surface area contributed by atoms with Crippen molar-refractivity contribution >= 4 is 16.6 Å². The molecule has 1 aromatic heterocycles. The number of fused-ring (bicyclic) bond motifs is 1. The van der Waals surface area contributed by atoms with Gasteiger partial charge in [0.25, 0.3) is 0 Å². The second kappa shape index (κ2) is 5.01. The van der Waals surface area contributed by atoms with Crippen LogP contribution in [0.3, 0.4) is 0 Å². The first-order valence-corrected chi connectivity index (χ1v) is 5.97. The summed E-state index contributed by atoms with van der Waals surface area (Å²) in [6.45, 7) is 5.54. The molecule has 0 saturated heterocycles. The summed E-state index contributed by atoms with van der Waals surface area (Å²) in [5.41, 5.74) is 2.27. The number of anilines is 1. The van der Waals surface area contributed by atoms with E-state index in [0.29, 0.717) is 5.92 Å². The molecule has 3 heteroatoms. The first-order chi connectivity index (χ1) is 7.81. The highest BCUT2D eigenvalue weighted by atomic mass is 15.1. The Kier molecular flexibility index (Phi) is 3.44. The van der Waals surface area contributed by atoms with E-state index in [9.17, 15) is 0 Å². The molecule has 0 aliphatic rings. The Labute approximate surface area is 96.2 Å². The maximum absolute atomic E-state index is 4.06. The second-order valence-corrected chi connectivity index (χ2v) is 4.41. The molecule has 0 fully saturated rings. The van der Waals surface area contributed by atoms with Gasteiger partial charge in [-0.25, -0.2) is 0 Å². The second-order valence-electron chi connectivity index (χ2n) is 4.41. The van der Waals surface area contributed by atoms with Gasteiger partial charge in [0.15, 0.2) is 0 Å². The highest BCUT2D eigenvalue weighted by Gasteiger charge is 2.04. The number of H-pyrrole nitrogens is 1. The van der Waals surface area contributed by atoms with E-state index in [1.165, 1.54) is 23.9 Å². The van der Waals surface area contributed by atoms with Crippen LogP contribution in [0.1, 0.15) is 26.7 Å². The zero-order valence-corrected chi connectivity index (χ0v) is 9.96. The van der Waals surface area contributed by atoms with Gasteiger partial charge in [0.1, 0.15) is 0 Å². The topological polar surface area (TPSA) is 40.7 Å². The average Bonchev–Trinajstić information content (AvgIpc) is 2.75. The fourth-order valence-corrected chi connectivity index (χ4v) is 2.00. The van der Waals surface area contributed by atoms with E-state index in [1.54, 1.807) is 0 Å². The van der Waals surface area contributed by atoms with Crippen LogP contribution in [-0.4, -0.2) is 16.7 Å². The highest BCUT2D eigenvalue weighted by Crippen LogP contribution is 2.21. The quantitative estimate of drug-likeness (QED) is 0.805. The van der Waals surface area contributed by atoms with Gasteiger partial charge in [-0.2, -0.15) is 5.10 Å². The van der Waals surface area contributed by atoms with E-state index in [0.717, 1.165) is 12.1 Å². The summed E-state index contributed by atoms with van der Waals surface area (Å²) in [6, 6.07) is 6.20. The van der Waals surface area contributed by atoms with Crippen molar-refractivity contribution in [3.63, 3.8) is 0 Å². The Morgan fingerprint density at radius 3 is 3.12 bits per heavy atom. The molecule has 0 radical (unpaired) electrons. The number of nitrogens with one attached hydrogen (secondary N) is 2. The lowest BCUT2D eigenvalue weighted by molar-refractivity contribution is 0.551. The van der Waals surface area contributed by atoms with Crippen molar-refractivity contribution in [3.8, 4) is 0 Å². The number of nitrogens with zero attached hydrogens (tertiary/aromatic N) is 1. The Hall–Kier alpha value is -1.51. The van der Waals surface area contributed by atoms with Crippen LogP contribution < -0.4 is 5.32 Å². The summed E-state index contributed by atoms with van der Waals surface area (Å²) in [6.07, 6.45) is 4.40. The maximum Gasteiger partial charge on any atom is 0.0671 e. The number of hydrogen-bond donors (Lipinski definition) is 2. The van der Waals surface area contributed by atoms with E-state index < -0.39 is 0 Å². The lowest BCUT2D eigenvalue weighted by atomic mass is 10.1. The van der Waals surface area contributed by atoms with Crippen LogP contribution in [-0.2, 0) is 0 Å². The fraction of sp³-hybridized carbons (Fsp3) is 0.462. The summed E-state index contributed by atoms with van der Waals surface area (Å²) in [4.78, 5) is 0. The van der Waals surface area contributed by atoms with Crippen LogP contribution in [0.5, 0.6) is 0 Å². The predicted molar refractivity (Wildman–Crippen MR) is 68.7 cm³/mol. The summed E-state index contributed by atoms with van der Waals surface area (Å²) in [7, 11) is 0. The zero-order valence-electron chi connectivity index (χ0n) is 9.96. The Morgan fingerprint density at radius 1 is 1.44 bits per heavy atom. The van der Waals surface area contributed by atoms with Crippen LogP contribution in [0.4, 0.5) is 5.69 Å². The van der Waals surface area contributed by atoms with Gasteiger partial charge in [-0.15, -0.1) is 0 Å². The third-order valence-corrected chi connectivity index (χ3v) is 2.91. The number of benzene rings is 1.